The van der Waals surface area contributed by atoms with Crippen LogP contribution in [0.15, 0.2) is 16.9 Å². The highest BCUT2D eigenvalue weighted by Crippen LogP contribution is 2.10. The van der Waals surface area contributed by atoms with E-state index in [2.05, 4.69) is 20.9 Å². The second-order valence-corrected chi connectivity index (χ2v) is 2.53. The minimum atomic E-state index is -0.930. The van der Waals surface area contributed by atoms with E-state index in [0.29, 0.717) is 0 Å². The van der Waals surface area contributed by atoms with Gasteiger partial charge in [0.05, 0.1) is 12.0 Å². The van der Waals surface area contributed by atoms with Gasteiger partial charge in [0.15, 0.2) is 6.17 Å². The van der Waals surface area contributed by atoms with Crippen LogP contribution in [0.5, 0.6) is 0 Å². The lowest BCUT2D eigenvalue weighted by atomic mass is 10.4. The van der Waals surface area contributed by atoms with Crippen molar-refractivity contribution in [3.05, 3.63) is 11.9 Å². The van der Waals surface area contributed by atoms with Gasteiger partial charge in [-0.15, -0.1) is 0 Å². The summed E-state index contributed by atoms with van der Waals surface area (Å²) < 4.78 is 0. The highest BCUT2D eigenvalue weighted by atomic mass is 16.4. The minimum absolute atomic E-state index is 0.243. The Morgan fingerprint density at radius 1 is 1.67 bits per heavy atom. The second-order valence-electron chi connectivity index (χ2n) is 2.53. The SMILES string of the molecule is O=C(O)C1NC2=CNC=NC2N1. The van der Waals surface area contributed by atoms with Crippen molar-refractivity contribution >= 4 is 12.3 Å². The number of aliphatic imine (C=N–C) groups is 1. The summed E-state index contributed by atoms with van der Waals surface area (Å²) in [5, 5.41) is 16.9. The van der Waals surface area contributed by atoms with Crippen LogP contribution in [0, 0.1) is 0 Å². The molecule has 12 heavy (non-hydrogen) atoms. The third-order valence-corrected chi connectivity index (χ3v) is 1.71. The molecule has 0 aromatic rings. The summed E-state index contributed by atoms with van der Waals surface area (Å²) in [6.45, 7) is 0. The largest absolute Gasteiger partial charge is 0.479 e. The molecule has 0 amide bonds. The van der Waals surface area contributed by atoms with Crippen molar-refractivity contribution in [2.24, 2.45) is 4.99 Å². The zero-order valence-electron chi connectivity index (χ0n) is 6.11. The van der Waals surface area contributed by atoms with E-state index in [1.54, 1.807) is 6.20 Å². The van der Waals surface area contributed by atoms with E-state index >= 15 is 0 Å². The van der Waals surface area contributed by atoms with Crippen molar-refractivity contribution in [1.29, 1.82) is 0 Å². The summed E-state index contributed by atoms with van der Waals surface area (Å²) in [6, 6.07) is 0. The molecule has 64 valence electrons. The number of fused-ring (bicyclic) bond motifs is 1. The van der Waals surface area contributed by atoms with Gasteiger partial charge in [0.1, 0.15) is 6.17 Å². The van der Waals surface area contributed by atoms with Crippen LogP contribution in [0.2, 0.25) is 0 Å². The number of carbonyl (C=O) groups is 1. The molecule has 0 aliphatic carbocycles. The summed E-state index contributed by atoms with van der Waals surface area (Å²) >= 11 is 0. The van der Waals surface area contributed by atoms with Crippen LogP contribution >= 0.6 is 0 Å². The maximum atomic E-state index is 10.5. The standard InChI is InChI=1S/C6H8N4O2/c11-6(12)5-9-3-1-7-2-8-4(3)10-5/h1-2,4-5,9-10H,(H,7,8)(H,11,12). The first-order valence-electron chi connectivity index (χ1n) is 3.50. The van der Waals surface area contributed by atoms with Gasteiger partial charge in [-0.25, -0.2) is 4.79 Å². The fourth-order valence-electron chi connectivity index (χ4n) is 1.16. The fourth-order valence-corrected chi connectivity index (χ4v) is 1.16. The molecule has 0 saturated carbocycles. The van der Waals surface area contributed by atoms with Gasteiger partial charge in [-0.2, -0.15) is 0 Å². The molecule has 2 rings (SSSR count). The lowest BCUT2D eigenvalue weighted by Crippen LogP contribution is -2.40. The Morgan fingerprint density at radius 3 is 3.17 bits per heavy atom. The lowest BCUT2D eigenvalue weighted by molar-refractivity contribution is -0.139. The van der Waals surface area contributed by atoms with E-state index in [1.165, 1.54) is 6.34 Å². The highest BCUT2D eigenvalue weighted by Gasteiger charge is 2.32. The van der Waals surface area contributed by atoms with Crippen molar-refractivity contribution in [1.82, 2.24) is 16.0 Å². The second kappa shape index (κ2) is 2.49. The third kappa shape index (κ3) is 1.02. The van der Waals surface area contributed by atoms with Gasteiger partial charge in [0.25, 0.3) is 0 Å². The topological polar surface area (TPSA) is 85.8 Å². The predicted molar refractivity (Wildman–Crippen MR) is 41.2 cm³/mol. The van der Waals surface area contributed by atoms with E-state index in [4.69, 9.17) is 5.11 Å². The van der Waals surface area contributed by atoms with Crippen LogP contribution in [0.25, 0.3) is 0 Å². The lowest BCUT2D eigenvalue weighted by Gasteiger charge is -2.09. The molecule has 0 aromatic carbocycles. The van der Waals surface area contributed by atoms with Crippen LogP contribution in [-0.2, 0) is 4.79 Å². The van der Waals surface area contributed by atoms with Gasteiger partial charge in [-0.1, -0.05) is 0 Å². The Labute approximate surface area is 68.4 Å². The number of aliphatic carboxylic acids is 1. The summed E-state index contributed by atoms with van der Waals surface area (Å²) in [5.41, 5.74) is 0.755. The van der Waals surface area contributed by atoms with Gasteiger partial charge < -0.3 is 15.7 Å². The molecule has 2 aliphatic heterocycles. The molecule has 1 fully saturated rings. The zero-order valence-corrected chi connectivity index (χ0v) is 6.11. The first kappa shape index (κ1) is 7.11. The molecular formula is C6H8N4O2. The van der Waals surface area contributed by atoms with Crippen molar-refractivity contribution < 1.29 is 9.90 Å². The van der Waals surface area contributed by atoms with Crippen LogP contribution in [-0.4, -0.2) is 29.7 Å². The summed E-state index contributed by atoms with van der Waals surface area (Å²) in [4.78, 5) is 14.5. The average molecular weight is 168 g/mol. The van der Waals surface area contributed by atoms with Crippen molar-refractivity contribution in [3.63, 3.8) is 0 Å². The Hall–Kier alpha value is -1.56. The molecule has 6 nitrogen and oxygen atoms in total. The molecule has 0 aromatic heterocycles. The number of carboxylic acid groups (broad SMARTS) is 1. The maximum Gasteiger partial charge on any atom is 0.341 e. The number of nitrogens with one attached hydrogen (secondary N) is 3. The summed E-state index contributed by atoms with van der Waals surface area (Å²) in [7, 11) is 0. The number of carboxylic acids is 1. The normalized spacial score (nSPS) is 31.5. The Morgan fingerprint density at radius 2 is 2.50 bits per heavy atom. The average Bonchev–Trinajstić information content (AvgIpc) is 2.46. The summed E-state index contributed by atoms with van der Waals surface area (Å²) in [5.74, 6) is -0.930. The minimum Gasteiger partial charge on any atom is -0.479 e. The van der Waals surface area contributed by atoms with Gasteiger partial charge in [-0.3, -0.25) is 10.3 Å². The van der Waals surface area contributed by atoms with Crippen LogP contribution in [0.4, 0.5) is 0 Å². The van der Waals surface area contributed by atoms with Crippen molar-refractivity contribution in [2.75, 3.05) is 0 Å². The number of nitrogens with zero attached hydrogens (tertiary/aromatic N) is 1. The Kier molecular flexibility index (Phi) is 1.47. The molecule has 0 radical (unpaired) electrons. The van der Waals surface area contributed by atoms with Gasteiger partial charge in [0.2, 0.25) is 0 Å². The van der Waals surface area contributed by atoms with Crippen LogP contribution in [0.3, 0.4) is 0 Å². The summed E-state index contributed by atoms with van der Waals surface area (Å²) in [6.07, 6.45) is 2.23. The Bertz CT molecular complexity index is 273. The number of rotatable bonds is 1. The molecule has 2 atom stereocenters. The number of hydrogen-bond donors (Lipinski definition) is 4. The van der Waals surface area contributed by atoms with E-state index in [9.17, 15) is 4.79 Å². The van der Waals surface area contributed by atoms with E-state index in [1.807, 2.05) is 0 Å². The predicted octanol–water partition coefficient (Wildman–Crippen LogP) is -1.61. The van der Waals surface area contributed by atoms with Crippen molar-refractivity contribution in [2.45, 2.75) is 12.3 Å². The molecule has 6 heteroatoms. The van der Waals surface area contributed by atoms with E-state index in [-0.39, 0.29) is 6.17 Å². The molecule has 2 aliphatic rings. The van der Waals surface area contributed by atoms with Gasteiger partial charge >= 0.3 is 5.97 Å². The van der Waals surface area contributed by atoms with Gasteiger partial charge in [-0.05, 0) is 0 Å². The first-order valence-corrected chi connectivity index (χ1v) is 3.50. The van der Waals surface area contributed by atoms with E-state index in [0.717, 1.165) is 5.70 Å². The molecular weight excluding hydrogens is 160 g/mol. The Balaban J connectivity index is 2.13. The molecule has 1 saturated heterocycles. The third-order valence-electron chi connectivity index (χ3n) is 1.71. The molecule has 0 spiro atoms. The molecule has 4 N–H and O–H groups in total. The number of hydrogen-bond acceptors (Lipinski definition) is 5. The molecule has 2 unspecified atom stereocenters. The van der Waals surface area contributed by atoms with E-state index < -0.39 is 12.1 Å². The van der Waals surface area contributed by atoms with Gasteiger partial charge in [0, 0.05) is 6.20 Å². The highest BCUT2D eigenvalue weighted by molar-refractivity contribution is 5.74. The monoisotopic (exact) mass is 168 g/mol. The molecule has 0 bridgehead atoms. The van der Waals surface area contributed by atoms with Crippen molar-refractivity contribution in [3.8, 4) is 0 Å². The van der Waals surface area contributed by atoms with Crippen LogP contribution in [0.1, 0.15) is 0 Å². The maximum absolute atomic E-state index is 10.5. The van der Waals surface area contributed by atoms with Crippen LogP contribution < -0.4 is 16.0 Å². The zero-order chi connectivity index (χ0) is 8.55. The molecule has 2 heterocycles. The fraction of sp³-hybridized carbons (Fsp3) is 0.333. The quantitative estimate of drug-likeness (QED) is 0.378. The smallest absolute Gasteiger partial charge is 0.341 e. The first-order chi connectivity index (χ1) is 5.77.